The summed E-state index contributed by atoms with van der Waals surface area (Å²) in [7, 11) is -3.47. The van der Waals surface area contributed by atoms with E-state index in [1.165, 1.54) is 0 Å². The zero-order valence-electron chi connectivity index (χ0n) is 12.0. The van der Waals surface area contributed by atoms with Crippen LogP contribution in [0, 0.1) is 6.92 Å². The molecule has 0 heterocycles. The van der Waals surface area contributed by atoms with Gasteiger partial charge < -0.3 is 4.90 Å². The molecule has 0 unspecified atom stereocenters. The fourth-order valence-corrected chi connectivity index (χ4v) is 2.89. The molecule has 0 fully saturated rings. The summed E-state index contributed by atoms with van der Waals surface area (Å²) in [6.45, 7) is 10.1. The molecule has 2 N–H and O–H groups in total. The van der Waals surface area contributed by atoms with E-state index in [9.17, 15) is 8.42 Å². The molecule has 108 valence electrons. The Hall–Kier alpha value is -1.27. The van der Waals surface area contributed by atoms with Crippen LogP contribution < -0.4 is 14.3 Å². The van der Waals surface area contributed by atoms with Crippen LogP contribution in [0.3, 0.4) is 0 Å². The highest BCUT2D eigenvalue weighted by Crippen LogP contribution is 2.23. The van der Waals surface area contributed by atoms with Crippen LogP contribution in [0.2, 0.25) is 0 Å². The molecule has 6 heteroatoms. The lowest BCUT2D eigenvalue weighted by molar-refractivity contribution is 0.589. The van der Waals surface area contributed by atoms with E-state index in [4.69, 9.17) is 0 Å². The Morgan fingerprint density at radius 2 is 1.79 bits per heavy atom. The van der Waals surface area contributed by atoms with Crippen molar-refractivity contribution in [2.24, 2.45) is 0 Å². The Balaban J connectivity index is 2.95. The molecule has 1 aromatic rings. The van der Waals surface area contributed by atoms with Crippen molar-refractivity contribution in [2.75, 3.05) is 29.3 Å². The molecule has 0 amide bonds. The fourth-order valence-electron chi connectivity index (χ4n) is 1.92. The second kappa shape index (κ2) is 6.77. The molecule has 0 aliphatic carbocycles. The second-order valence-corrected chi connectivity index (χ2v) is 5.77. The molecule has 0 aliphatic heterocycles. The summed E-state index contributed by atoms with van der Waals surface area (Å²) in [6, 6.07) is 5.73. The Morgan fingerprint density at radius 1 is 1.16 bits per heavy atom. The van der Waals surface area contributed by atoms with Gasteiger partial charge in [0.2, 0.25) is 0 Å². The minimum absolute atomic E-state index is 0.367. The van der Waals surface area contributed by atoms with E-state index in [1.54, 1.807) is 13.0 Å². The Bertz CT molecular complexity index is 511. The maximum Gasteiger partial charge on any atom is 0.299 e. The lowest BCUT2D eigenvalue weighted by atomic mass is 10.1. The quantitative estimate of drug-likeness (QED) is 0.806. The number of nitrogens with zero attached hydrogens (tertiary/aromatic N) is 1. The number of hydrogen-bond acceptors (Lipinski definition) is 3. The van der Waals surface area contributed by atoms with Gasteiger partial charge in [0.05, 0.1) is 5.69 Å². The molecule has 0 saturated carbocycles. The lowest BCUT2D eigenvalue weighted by Crippen LogP contribution is -2.30. The second-order valence-electron chi connectivity index (χ2n) is 4.27. The van der Waals surface area contributed by atoms with Crippen molar-refractivity contribution in [2.45, 2.75) is 27.7 Å². The molecule has 1 rings (SSSR count). The molecule has 1 aromatic carbocycles. The summed E-state index contributed by atoms with van der Waals surface area (Å²) >= 11 is 0. The molecule has 0 saturated heterocycles. The van der Waals surface area contributed by atoms with E-state index in [-0.39, 0.29) is 0 Å². The van der Waals surface area contributed by atoms with Crippen molar-refractivity contribution < 1.29 is 8.42 Å². The number of rotatable bonds is 7. The molecule has 0 bridgehead atoms. The molecule has 0 radical (unpaired) electrons. The topological polar surface area (TPSA) is 61.4 Å². The Kier molecular flexibility index (Phi) is 5.62. The highest BCUT2D eigenvalue weighted by atomic mass is 32.2. The number of benzene rings is 1. The van der Waals surface area contributed by atoms with Gasteiger partial charge in [-0.15, -0.1) is 0 Å². The van der Waals surface area contributed by atoms with E-state index in [2.05, 4.69) is 28.2 Å². The number of hydrogen-bond donors (Lipinski definition) is 2. The monoisotopic (exact) mass is 285 g/mol. The first kappa shape index (κ1) is 15.8. The van der Waals surface area contributed by atoms with E-state index >= 15 is 0 Å². The first-order valence-electron chi connectivity index (χ1n) is 6.56. The van der Waals surface area contributed by atoms with Crippen molar-refractivity contribution in [3.05, 3.63) is 23.8 Å². The zero-order chi connectivity index (χ0) is 14.5. The molecule has 0 spiro atoms. The molecular formula is C13H23N3O2S. The van der Waals surface area contributed by atoms with Crippen LogP contribution in [-0.4, -0.2) is 28.1 Å². The van der Waals surface area contributed by atoms with Crippen LogP contribution in [0.4, 0.5) is 11.4 Å². The summed E-state index contributed by atoms with van der Waals surface area (Å²) in [6.07, 6.45) is 0. The van der Waals surface area contributed by atoms with Crippen LogP contribution in [0.15, 0.2) is 18.2 Å². The highest BCUT2D eigenvalue weighted by Gasteiger charge is 2.11. The van der Waals surface area contributed by atoms with E-state index in [1.807, 2.05) is 19.1 Å². The third kappa shape index (κ3) is 4.40. The predicted octanol–water partition coefficient (Wildman–Crippen LogP) is 2.11. The third-order valence-electron chi connectivity index (χ3n) is 2.92. The van der Waals surface area contributed by atoms with Crippen molar-refractivity contribution in [1.29, 1.82) is 0 Å². The van der Waals surface area contributed by atoms with Gasteiger partial charge in [-0.2, -0.15) is 13.1 Å². The van der Waals surface area contributed by atoms with Crippen LogP contribution in [-0.2, 0) is 10.2 Å². The molecule has 0 atom stereocenters. The van der Waals surface area contributed by atoms with Crippen molar-refractivity contribution in [3.63, 3.8) is 0 Å². The smallest absolute Gasteiger partial charge is 0.299 e. The summed E-state index contributed by atoms with van der Waals surface area (Å²) < 4.78 is 28.2. The lowest BCUT2D eigenvalue weighted by Gasteiger charge is -2.22. The van der Waals surface area contributed by atoms with E-state index in [0.29, 0.717) is 12.2 Å². The van der Waals surface area contributed by atoms with Gasteiger partial charge in [-0.25, -0.2) is 0 Å². The number of nitrogens with one attached hydrogen (secondary N) is 2. The molecule has 19 heavy (non-hydrogen) atoms. The summed E-state index contributed by atoms with van der Waals surface area (Å²) in [4.78, 5) is 2.22. The van der Waals surface area contributed by atoms with Gasteiger partial charge in [0.25, 0.3) is 10.2 Å². The molecule has 0 aliphatic rings. The number of aryl methyl sites for hydroxylation is 1. The summed E-state index contributed by atoms with van der Waals surface area (Å²) in [5, 5.41) is 0. The van der Waals surface area contributed by atoms with Crippen LogP contribution in [0.1, 0.15) is 26.3 Å². The van der Waals surface area contributed by atoms with Crippen LogP contribution >= 0.6 is 0 Å². The van der Waals surface area contributed by atoms with Gasteiger partial charge in [0.1, 0.15) is 0 Å². The van der Waals surface area contributed by atoms with Gasteiger partial charge >= 0.3 is 0 Å². The summed E-state index contributed by atoms with van der Waals surface area (Å²) in [5.41, 5.74) is 2.62. The SMILES string of the molecule is CCNS(=O)(=O)Nc1ccc(N(CC)CC)cc1C. The van der Waals surface area contributed by atoms with Crippen LogP contribution in [0.25, 0.3) is 0 Å². The Morgan fingerprint density at radius 3 is 2.26 bits per heavy atom. The average Bonchev–Trinajstić information content (AvgIpc) is 2.34. The summed E-state index contributed by atoms with van der Waals surface area (Å²) in [5.74, 6) is 0. The largest absolute Gasteiger partial charge is 0.372 e. The first-order valence-corrected chi connectivity index (χ1v) is 8.04. The van der Waals surface area contributed by atoms with Gasteiger partial charge in [0.15, 0.2) is 0 Å². The van der Waals surface area contributed by atoms with Gasteiger partial charge in [-0.3, -0.25) is 4.72 Å². The normalized spacial score (nSPS) is 11.4. The standard InChI is InChI=1S/C13H23N3O2S/c1-5-14-19(17,18)15-13-9-8-12(10-11(13)4)16(6-2)7-3/h8-10,14-15H,5-7H2,1-4H3. The molecular weight excluding hydrogens is 262 g/mol. The minimum Gasteiger partial charge on any atom is -0.372 e. The van der Waals surface area contributed by atoms with Crippen molar-refractivity contribution >= 4 is 21.6 Å². The van der Waals surface area contributed by atoms with E-state index < -0.39 is 10.2 Å². The maximum atomic E-state index is 11.7. The maximum absolute atomic E-state index is 11.7. The van der Waals surface area contributed by atoms with Gasteiger partial charge in [-0.1, -0.05) is 6.92 Å². The van der Waals surface area contributed by atoms with Crippen molar-refractivity contribution in [1.82, 2.24) is 4.72 Å². The first-order chi connectivity index (χ1) is 8.93. The average molecular weight is 285 g/mol. The predicted molar refractivity (Wildman–Crippen MR) is 81.0 cm³/mol. The molecule has 5 nitrogen and oxygen atoms in total. The minimum atomic E-state index is -3.47. The van der Waals surface area contributed by atoms with Gasteiger partial charge in [0, 0.05) is 25.3 Å². The van der Waals surface area contributed by atoms with E-state index in [0.717, 1.165) is 24.3 Å². The Labute approximate surface area is 116 Å². The van der Waals surface area contributed by atoms with Crippen molar-refractivity contribution in [3.8, 4) is 0 Å². The zero-order valence-corrected chi connectivity index (χ0v) is 12.8. The molecule has 0 aromatic heterocycles. The highest BCUT2D eigenvalue weighted by molar-refractivity contribution is 7.90. The van der Waals surface area contributed by atoms with Gasteiger partial charge in [-0.05, 0) is 44.5 Å². The fraction of sp³-hybridized carbons (Fsp3) is 0.538. The van der Waals surface area contributed by atoms with Crippen LogP contribution in [0.5, 0.6) is 0 Å². The number of anilines is 2. The third-order valence-corrected chi connectivity index (χ3v) is 4.07.